The summed E-state index contributed by atoms with van der Waals surface area (Å²) in [5.74, 6) is 0.0640. The van der Waals surface area contributed by atoms with Crippen LogP contribution < -0.4 is 20.4 Å². The number of thiocarbonyl (C=S) groups is 1. The van der Waals surface area contributed by atoms with Gasteiger partial charge in [0.05, 0.1) is 11.9 Å². The maximum Gasteiger partial charge on any atom is 0.573 e. The monoisotopic (exact) mass is 553 g/mol. The van der Waals surface area contributed by atoms with Gasteiger partial charge in [-0.3, -0.25) is 10.2 Å². The van der Waals surface area contributed by atoms with Gasteiger partial charge in [-0.25, -0.2) is 9.67 Å². The fourth-order valence-corrected chi connectivity index (χ4v) is 3.48. The maximum absolute atomic E-state index is 12.3. The third-order valence-electron chi connectivity index (χ3n) is 5.36. The summed E-state index contributed by atoms with van der Waals surface area (Å²) >= 11 is 5.26. The number of rotatable bonds is 7. The summed E-state index contributed by atoms with van der Waals surface area (Å²) in [5, 5.41) is 11.8. The average Bonchev–Trinajstić information content (AvgIpc) is 3.39. The van der Waals surface area contributed by atoms with Crippen LogP contribution in [0.15, 0.2) is 84.2 Å². The molecule has 0 radical (unpaired) electrons. The van der Waals surface area contributed by atoms with E-state index in [1.165, 1.54) is 47.1 Å². The fourth-order valence-electron chi connectivity index (χ4n) is 3.31. The van der Waals surface area contributed by atoms with Gasteiger partial charge in [-0.15, -0.1) is 18.3 Å². The Labute approximate surface area is 226 Å². The Bertz CT molecular complexity index is 1470. The first-order chi connectivity index (χ1) is 18.6. The molecule has 0 aliphatic rings. The average molecular weight is 554 g/mol. The third-order valence-corrected chi connectivity index (χ3v) is 5.55. The van der Waals surface area contributed by atoms with Crippen LogP contribution in [0.5, 0.6) is 5.75 Å². The Hall–Kier alpha value is -4.78. The van der Waals surface area contributed by atoms with E-state index in [2.05, 4.69) is 30.7 Å². The summed E-state index contributed by atoms with van der Waals surface area (Å²) in [4.78, 5) is 17.3. The molecule has 4 aromatic rings. The number of alkyl halides is 3. The quantitative estimate of drug-likeness (QED) is 0.186. The second kappa shape index (κ2) is 11.7. The number of carbonyl (C=O) groups excluding carboxylic acids is 1. The van der Waals surface area contributed by atoms with Gasteiger partial charge in [0.15, 0.2) is 10.9 Å². The van der Waals surface area contributed by atoms with Gasteiger partial charge in [0.2, 0.25) is 5.91 Å². The van der Waals surface area contributed by atoms with Crippen LogP contribution in [0.4, 0.5) is 24.5 Å². The highest BCUT2D eigenvalue weighted by molar-refractivity contribution is 7.80. The Morgan fingerprint density at radius 2 is 1.72 bits per heavy atom. The Morgan fingerprint density at radius 3 is 2.33 bits per heavy atom. The molecule has 0 bridgehead atoms. The molecule has 0 atom stereocenters. The molecule has 13 heteroatoms. The number of carbonyl (C=O) groups is 1. The lowest BCUT2D eigenvalue weighted by molar-refractivity contribution is -0.274. The summed E-state index contributed by atoms with van der Waals surface area (Å²) in [5.41, 5.74) is 6.32. The molecule has 2 N–H and O–H groups in total. The lowest BCUT2D eigenvalue weighted by Gasteiger charge is -2.15. The topological polar surface area (TPSA) is 96.7 Å². The molecule has 39 heavy (non-hydrogen) atoms. The van der Waals surface area contributed by atoms with E-state index < -0.39 is 6.36 Å². The molecule has 0 fully saturated rings. The summed E-state index contributed by atoms with van der Waals surface area (Å²) in [7, 11) is 1.70. The van der Waals surface area contributed by atoms with Crippen LogP contribution in [0.3, 0.4) is 0 Å². The molecule has 200 valence electrons. The second-order valence-corrected chi connectivity index (χ2v) is 8.53. The minimum Gasteiger partial charge on any atom is -0.406 e. The number of nitrogens with zero attached hydrogens (tertiary/aromatic N) is 5. The molecule has 0 aliphatic heterocycles. The van der Waals surface area contributed by atoms with E-state index in [0.29, 0.717) is 16.6 Å². The first kappa shape index (κ1) is 27.3. The summed E-state index contributed by atoms with van der Waals surface area (Å²) < 4.78 is 42.4. The van der Waals surface area contributed by atoms with Crippen molar-refractivity contribution in [2.24, 2.45) is 5.10 Å². The van der Waals surface area contributed by atoms with Crippen molar-refractivity contribution in [3.05, 3.63) is 84.7 Å². The first-order valence-corrected chi connectivity index (χ1v) is 11.8. The molecular weight excluding hydrogens is 531 g/mol. The smallest absolute Gasteiger partial charge is 0.406 e. The number of aromatic nitrogens is 3. The number of halogens is 3. The van der Waals surface area contributed by atoms with Gasteiger partial charge < -0.3 is 15.0 Å². The van der Waals surface area contributed by atoms with Gasteiger partial charge in [0, 0.05) is 30.9 Å². The summed E-state index contributed by atoms with van der Waals surface area (Å²) in [6.45, 7) is 1.49. The number of benzene rings is 3. The highest BCUT2D eigenvalue weighted by atomic mass is 32.1. The number of ether oxygens (including phenoxy) is 1. The largest absolute Gasteiger partial charge is 0.573 e. The maximum atomic E-state index is 12.3. The third kappa shape index (κ3) is 7.61. The lowest BCUT2D eigenvalue weighted by Crippen LogP contribution is -2.24. The molecular formula is C26H22F3N7O2S. The molecule has 9 nitrogen and oxygen atoms in total. The molecule has 0 saturated heterocycles. The van der Waals surface area contributed by atoms with Gasteiger partial charge in [-0.1, -0.05) is 24.3 Å². The van der Waals surface area contributed by atoms with Crippen molar-refractivity contribution in [2.75, 3.05) is 17.3 Å². The van der Waals surface area contributed by atoms with Gasteiger partial charge in [-0.2, -0.15) is 5.10 Å². The molecule has 0 aliphatic carbocycles. The van der Waals surface area contributed by atoms with Gasteiger partial charge in [-0.05, 0) is 66.3 Å². The van der Waals surface area contributed by atoms with E-state index >= 15 is 0 Å². The van der Waals surface area contributed by atoms with Crippen LogP contribution >= 0.6 is 12.2 Å². The predicted octanol–water partition coefficient (Wildman–Crippen LogP) is 5.14. The normalized spacial score (nSPS) is 11.3. The number of hydrogen-bond donors (Lipinski definition) is 2. The lowest BCUT2D eigenvalue weighted by atomic mass is 10.1. The van der Waals surface area contributed by atoms with Crippen molar-refractivity contribution in [1.29, 1.82) is 0 Å². The van der Waals surface area contributed by atoms with Crippen molar-refractivity contribution in [3.8, 4) is 22.8 Å². The highest BCUT2D eigenvalue weighted by Gasteiger charge is 2.31. The SMILES string of the molecule is CC(=O)N(C)c1ccc(NC(=S)N/N=C/c2ccc(-c3ncn(-c4ccc(OC(F)(F)F)cc4)n3)cc2)cc1. The van der Waals surface area contributed by atoms with Crippen molar-refractivity contribution < 1.29 is 22.7 Å². The number of anilines is 2. The molecule has 4 rings (SSSR count). The number of hydrogen-bond acceptors (Lipinski definition) is 6. The molecule has 0 spiro atoms. The van der Waals surface area contributed by atoms with Crippen molar-refractivity contribution in [3.63, 3.8) is 0 Å². The van der Waals surface area contributed by atoms with Crippen molar-refractivity contribution in [2.45, 2.75) is 13.3 Å². The van der Waals surface area contributed by atoms with Crippen LogP contribution in [0, 0.1) is 0 Å². The van der Waals surface area contributed by atoms with Crippen LogP contribution in [0.1, 0.15) is 12.5 Å². The predicted molar refractivity (Wildman–Crippen MR) is 146 cm³/mol. The van der Waals surface area contributed by atoms with E-state index in [1.54, 1.807) is 37.5 Å². The minimum absolute atomic E-state index is 0.0617. The zero-order valence-corrected chi connectivity index (χ0v) is 21.5. The minimum atomic E-state index is -4.75. The Morgan fingerprint density at radius 1 is 1.05 bits per heavy atom. The van der Waals surface area contributed by atoms with Gasteiger partial charge >= 0.3 is 6.36 Å². The van der Waals surface area contributed by atoms with E-state index in [0.717, 1.165) is 22.5 Å². The summed E-state index contributed by atoms with van der Waals surface area (Å²) in [6, 6.07) is 19.8. The zero-order valence-electron chi connectivity index (χ0n) is 20.7. The molecule has 1 amide bonds. The Kier molecular flexibility index (Phi) is 8.20. The van der Waals surface area contributed by atoms with Gasteiger partial charge in [0.1, 0.15) is 12.1 Å². The van der Waals surface area contributed by atoms with Crippen molar-refractivity contribution >= 4 is 40.8 Å². The summed E-state index contributed by atoms with van der Waals surface area (Å²) in [6.07, 6.45) is -1.68. The molecule has 0 saturated carbocycles. The van der Waals surface area contributed by atoms with Crippen LogP contribution in [0.25, 0.3) is 17.1 Å². The van der Waals surface area contributed by atoms with Crippen LogP contribution in [-0.2, 0) is 4.79 Å². The molecule has 0 unspecified atom stereocenters. The fraction of sp³-hybridized carbons (Fsp3) is 0.115. The Balaban J connectivity index is 1.31. The zero-order chi connectivity index (χ0) is 28.0. The number of hydrazone groups is 1. The van der Waals surface area contributed by atoms with Crippen LogP contribution in [0.2, 0.25) is 0 Å². The second-order valence-electron chi connectivity index (χ2n) is 8.13. The molecule has 1 aromatic heterocycles. The van der Waals surface area contributed by atoms with E-state index in [1.807, 2.05) is 24.3 Å². The van der Waals surface area contributed by atoms with E-state index in [4.69, 9.17) is 12.2 Å². The van der Waals surface area contributed by atoms with Crippen molar-refractivity contribution in [1.82, 2.24) is 20.2 Å². The van der Waals surface area contributed by atoms with Gasteiger partial charge in [0.25, 0.3) is 0 Å². The standard InChI is InChI=1S/C26H22F3N7O2S/c1-17(37)35(2)21-9-7-20(8-10-21)32-25(39)33-31-15-18-3-5-19(6-4-18)24-30-16-36(34-24)22-11-13-23(14-12-22)38-26(27,28)29/h3-16H,1-2H3,(H2,32,33,39)/b31-15+. The van der Waals surface area contributed by atoms with E-state index in [-0.39, 0.29) is 11.7 Å². The highest BCUT2D eigenvalue weighted by Crippen LogP contribution is 2.24. The van der Waals surface area contributed by atoms with E-state index in [9.17, 15) is 18.0 Å². The first-order valence-electron chi connectivity index (χ1n) is 11.4. The number of nitrogens with one attached hydrogen (secondary N) is 2. The molecule has 1 heterocycles. The molecule has 3 aromatic carbocycles. The van der Waals surface area contributed by atoms with Crippen LogP contribution in [-0.4, -0.2) is 45.4 Å². The number of amides is 1.